The predicted molar refractivity (Wildman–Crippen MR) is 70.4 cm³/mol. The molecular weight excluding hydrogens is 214 g/mol. The summed E-state index contributed by atoms with van der Waals surface area (Å²) in [6, 6.07) is 0.255. The molecule has 17 heavy (non-hydrogen) atoms. The SMILES string of the molecule is CCCC(CCC)NC1=C(C(C)N)C(=O)NC1. The molecule has 0 saturated heterocycles. The van der Waals surface area contributed by atoms with Crippen molar-refractivity contribution < 1.29 is 4.79 Å². The van der Waals surface area contributed by atoms with E-state index in [1.807, 2.05) is 6.92 Å². The number of nitrogens with two attached hydrogens (primary N) is 1. The van der Waals surface area contributed by atoms with Gasteiger partial charge in [-0.25, -0.2) is 0 Å². The van der Waals surface area contributed by atoms with Crippen molar-refractivity contribution in [3.05, 3.63) is 11.3 Å². The molecule has 1 aliphatic heterocycles. The molecule has 0 bridgehead atoms. The zero-order chi connectivity index (χ0) is 12.8. The third-order valence-electron chi connectivity index (χ3n) is 3.10. The standard InChI is InChI=1S/C13H25N3O/c1-4-6-10(7-5-2)16-11-8-15-13(17)12(11)9(3)14/h9-10,16H,4-8,14H2,1-3H3,(H,15,17). The van der Waals surface area contributed by atoms with Crippen LogP contribution in [0.5, 0.6) is 0 Å². The highest BCUT2D eigenvalue weighted by Gasteiger charge is 2.26. The number of rotatable bonds is 7. The Hall–Kier alpha value is -1.03. The first kappa shape index (κ1) is 14.0. The lowest BCUT2D eigenvalue weighted by Crippen LogP contribution is -2.32. The van der Waals surface area contributed by atoms with E-state index in [-0.39, 0.29) is 11.9 Å². The summed E-state index contributed by atoms with van der Waals surface area (Å²) in [6.45, 7) is 6.82. The van der Waals surface area contributed by atoms with Crippen molar-refractivity contribution in [2.24, 2.45) is 5.73 Å². The van der Waals surface area contributed by atoms with E-state index in [9.17, 15) is 4.79 Å². The van der Waals surface area contributed by atoms with Crippen molar-refractivity contribution in [1.82, 2.24) is 10.6 Å². The molecule has 1 amide bonds. The highest BCUT2D eigenvalue weighted by molar-refractivity contribution is 5.97. The molecule has 4 N–H and O–H groups in total. The van der Waals surface area contributed by atoms with Gasteiger partial charge in [0.05, 0.1) is 12.1 Å². The molecular formula is C13H25N3O. The number of carbonyl (C=O) groups is 1. The van der Waals surface area contributed by atoms with Gasteiger partial charge in [-0.05, 0) is 19.8 Å². The Morgan fingerprint density at radius 3 is 2.41 bits per heavy atom. The van der Waals surface area contributed by atoms with Gasteiger partial charge in [-0.1, -0.05) is 26.7 Å². The second-order valence-electron chi connectivity index (χ2n) is 4.78. The lowest BCUT2D eigenvalue weighted by atomic mass is 10.0. The summed E-state index contributed by atoms with van der Waals surface area (Å²) in [6.07, 6.45) is 4.58. The van der Waals surface area contributed by atoms with E-state index >= 15 is 0 Å². The Bertz CT molecular complexity index is 291. The van der Waals surface area contributed by atoms with Crippen LogP contribution < -0.4 is 16.4 Å². The monoisotopic (exact) mass is 239 g/mol. The van der Waals surface area contributed by atoms with Crippen molar-refractivity contribution in [2.45, 2.75) is 58.5 Å². The Labute approximate surface area is 104 Å². The molecule has 4 heteroatoms. The number of amides is 1. The van der Waals surface area contributed by atoms with Gasteiger partial charge in [0.1, 0.15) is 0 Å². The van der Waals surface area contributed by atoms with Crippen LogP contribution in [0.4, 0.5) is 0 Å². The average molecular weight is 239 g/mol. The summed E-state index contributed by atoms with van der Waals surface area (Å²) in [5, 5.41) is 6.33. The van der Waals surface area contributed by atoms with Gasteiger partial charge in [0, 0.05) is 17.8 Å². The molecule has 98 valence electrons. The molecule has 0 aromatic heterocycles. The minimum atomic E-state index is -0.205. The molecule has 0 saturated carbocycles. The van der Waals surface area contributed by atoms with Gasteiger partial charge in [-0.3, -0.25) is 4.79 Å². The Morgan fingerprint density at radius 2 is 1.94 bits per heavy atom. The Kier molecular flexibility index (Phi) is 5.48. The fourth-order valence-corrected chi connectivity index (χ4v) is 2.34. The molecule has 0 aliphatic carbocycles. The molecule has 0 fully saturated rings. The van der Waals surface area contributed by atoms with Gasteiger partial charge >= 0.3 is 0 Å². The molecule has 1 unspecified atom stereocenters. The smallest absolute Gasteiger partial charge is 0.250 e. The van der Waals surface area contributed by atoms with Crippen LogP contribution in [0.15, 0.2) is 11.3 Å². The molecule has 0 aromatic carbocycles. The second-order valence-corrected chi connectivity index (χ2v) is 4.78. The summed E-state index contributed by atoms with van der Waals surface area (Å²) in [4.78, 5) is 11.6. The Morgan fingerprint density at radius 1 is 1.35 bits per heavy atom. The summed E-state index contributed by atoms with van der Waals surface area (Å²) in [5.74, 6) is -0.0192. The number of hydrogen-bond donors (Lipinski definition) is 3. The van der Waals surface area contributed by atoms with Crippen LogP contribution in [-0.2, 0) is 4.79 Å². The molecule has 1 aliphatic rings. The summed E-state index contributed by atoms with van der Waals surface area (Å²) < 4.78 is 0. The van der Waals surface area contributed by atoms with Crippen LogP contribution in [0.25, 0.3) is 0 Å². The lowest BCUT2D eigenvalue weighted by Gasteiger charge is -2.20. The zero-order valence-corrected chi connectivity index (χ0v) is 11.2. The summed E-state index contributed by atoms with van der Waals surface area (Å²) in [7, 11) is 0. The van der Waals surface area contributed by atoms with Gasteiger partial charge in [-0.2, -0.15) is 0 Å². The van der Waals surface area contributed by atoms with Gasteiger partial charge in [0.2, 0.25) is 0 Å². The molecule has 0 aromatic rings. The van der Waals surface area contributed by atoms with E-state index in [4.69, 9.17) is 5.73 Å². The molecule has 0 spiro atoms. The summed E-state index contributed by atoms with van der Waals surface area (Å²) >= 11 is 0. The fraction of sp³-hybridized carbons (Fsp3) is 0.769. The van der Waals surface area contributed by atoms with Crippen LogP contribution in [0, 0.1) is 0 Å². The highest BCUT2D eigenvalue weighted by atomic mass is 16.2. The minimum absolute atomic E-state index is 0.0192. The van der Waals surface area contributed by atoms with Crippen molar-refractivity contribution in [3.63, 3.8) is 0 Å². The fourth-order valence-electron chi connectivity index (χ4n) is 2.34. The third-order valence-corrected chi connectivity index (χ3v) is 3.10. The van der Waals surface area contributed by atoms with Crippen LogP contribution in [-0.4, -0.2) is 24.5 Å². The van der Waals surface area contributed by atoms with Crippen molar-refractivity contribution in [3.8, 4) is 0 Å². The normalized spacial score (nSPS) is 17.6. The van der Waals surface area contributed by atoms with Crippen LogP contribution in [0.3, 0.4) is 0 Å². The predicted octanol–water partition coefficient (Wildman–Crippen LogP) is 1.28. The lowest BCUT2D eigenvalue weighted by molar-refractivity contribution is -0.116. The third kappa shape index (κ3) is 3.73. The number of nitrogens with one attached hydrogen (secondary N) is 2. The maximum Gasteiger partial charge on any atom is 0.250 e. The van der Waals surface area contributed by atoms with E-state index in [0.29, 0.717) is 12.6 Å². The van der Waals surface area contributed by atoms with Gasteiger partial charge in [0.25, 0.3) is 5.91 Å². The summed E-state index contributed by atoms with van der Waals surface area (Å²) in [5.41, 5.74) is 7.56. The van der Waals surface area contributed by atoms with Crippen molar-refractivity contribution >= 4 is 5.91 Å². The first-order chi connectivity index (χ1) is 8.10. The molecule has 4 nitrogen and oxygen atoms in total. The molecule has 1 heterocycles. The average Bonchev–Trinajstić information content (AvgIpc) is 2.60. The van der Waals surface area contributed by atoms with Crippen LogP contribution in [0.2, 0.25) is 0 Å². The minimum Gasteiger partial charge on any atom is -0.384 e. The first-order valence-electron chi connectivity index (χ1n) is 6.63. The van der Waals surface area contributed by atoms with E-state index in [0.717, 1.165) is 37.0 Å². The van der Waals surface area contributed by atoms with E-state index in [2.05, 4.69) is 24.5 Å². The van der Waals surface area contributed by atoms with Crippen LogP contribution >= 0.6 is 0 Å². The largest absolute Gasteiger partial charge is 0.384 e. The number of hydrogen-bond acceptors (Lipinski definition) is 3. The molecule has 1 atom stereocenters. The van der Waals surface area contributed by atoms with Crippen LogP contribution in [0.1, 0.15) is 46.5 Å². The Balaban J connectivity index is 2.72. The highest BCUT2D eigenvalue weighted by Crippen LogP contribution is 2.15. The molecule has 0 radical (unpaired) electrons. The van der Waals surface area contributed by atoms with Crippen molar-refractivity contribution in [2.75, 3.05) is 6.54 Å². The topological polar surface area (TPSA) is 67.1 Å². The quantitative estimate of drug-likeness (QED) is 0.627. The van der Waals surface area contributed by atoms with E-state index in [1.54, 1.807) is 0 Å². The maximum absolute atomic E-state index is 11.6. The first-order valence-corrected chi connectivity index (χ1v) is 6.63. The second kappa shape index (κ2) is 6.64. The zero-order valence-electron chi connectivity index (χ0n) is 11.2. The van der Waals surface area contributed by atoms with Crippen molar-refractivity contribution in [1.29, 1.82) is 0 Å². The van der Waals surface area contributed by atoms with Gasteiger partial charge in [-0.15, -0.1) is 0 Å². The van der Waals surface area contributed by atoms with E-state index < -0.39 is 0 Å². The van der Waals surface area contributed by atoms with E-state index in [1.165, 1.54) is 0 Å². The van der Waals surface area contributed by atoms with Gasteiger partial charge in [0.15, 0.2) is 0 Å². The number of carbonyl (C=O) groups excluding carboxylic acids is 1. The van der Waals surface area contributed by atoms with Gasteiger partial charge < -0.3 is 16.4 Å². The maximum atomic E-state index is 11.6. The molecule has 1 rings (SSSR count).